The summed E-state index contributed by atoms with van der Waals surface area (Å²) in [5.74, 6) is 14.4. The Balaban J connectivity index is 0.957. The molecule has 2 aromatic carbocycles. The first-order valence-corrected chi connectivity index (χ1v) is 30.4. The molecule has 3 saturated carbocycles. The van der Waals surface area contributed by atoms with E-state index in [0.29, 0.717) is 87.5 Å². The SMILES string of the molecule is CC(=O)OC1CC(c2cc(O)c(O)c(OCCc3cccnc3)c2)OC2C1CCC1C#CC3C4CCCC35NC(=NCCCC3=CCNC(N)=C3)NC(n3cc6cc[nH]c6c3)C5C(O)NC3CCCCC3C#CCC12Cc1ccc(O)c(c1)O4. The molecule has 5 fully saturated rings. The zero-order valence-electron chi connectivity index (χ0n) is 47.6. The number of pyridine rings is 1. The van der Waals surface area contributed by atoms with E-state index in [0.717, 1.165) is 67.0 Å². The molecular formula is C66H77N9O9. The van der Waals surface area contributed by atoms with Crippen molar-refractivity contribution in [2.75, 3.05) is 19.7 Å². The van der Waals surface area contributed by atoms with E-state index in [4.69, 9.17) is 29.7 Å². The van der Waals surface area contributed by atoms with Gasteiger partial charge in [0.2, 0.25) is 5.75 Å². The smallest absolute Gasteiger partial charge is 0.302 e. The topological polar surface area (TPSA) is 255 Å². The van der Waals surface area contributed by atoms with Crippen molar-refractivity contribution in [2.45, 2.75) is 152 Å². The third-order valence-corrected chi connectivity index (χ3v) is 19.4. The lowest BCUT2D eigenvalue weighted by molar-refractivity contribution is -0.219. The van der Waals surface area contributed by atoms with E-state index in [-0.39, 0.29) is 53.4 Å². The number of esters is 1. The number of phenols is 3. The first-order chi connectivity index (χ1) is 40.9. The number of aromatic hydroxyl groups is 3. The molecule has 4 bridgehead atoms. The lowest BCUT2D eigenvalue weighted by Gasteiger charge is -2.57. The standard InChI is InChI=1S/C66H77N9O9/c1-39(76)82-55-34-54(45-32-52(78)60(79)57(33-45)81-29-22-41-9-6-25-68-36-41)84-61-47(55)17-15-46-16-18-48-53-13-5-24-66(48)59(62(75-37-44-21-28-69-50(44)38-75)73-64(74-66)71-26-7-8-40-20-27-70-58(67)31-40)63(80)72-49-12-3-2-10-43(49)11-4-23-65(46,61)35-42-14-19-51(77)56(30-42)83-53/h6,9,14,19-21,25,28,30-33,36-38,43,46-49,53-55,59,61-63,69-70,72,77-80H,2-3,5,7-8,10,12-13,15,17,22-24,26-27,29,34-35,67H2,1H3,(H2,71,73,74). The highest BCUT2D eigenvalue weighted by Gasteiger charge is 2.61. The fraction of sp³-hybridized carbons (Fsp3) is 0.500. The lowest BCUT2D eigenvalue weighted by atomic mass is 9.55. The van der Waals surface area contributed by atoms with Crippen LogP contribution in [-0.4, -0.2) is 103 Å². The molecule has 5 aliphatic heterocycles. The van der Waals surface area contributed by atoms with Gasteiger partial charge in [0.1, 0.15) is 24.6 Å². The zero-order chi connectivity index (χ0) is 57.5. The fourth-order valence-corrected chi connectivity index (χ4v) is 15.5. The van der Waals surface area contributed by atoms with Crippen LogP contribution in [0.15, 0.2) is 108 Å². The number of aliphatic hydroxyl groups excluding tert-OH is 1. The summed E-state index contributed by atoms with van der Waals surface area (Å²) in [4.78, 5) is 26.2. The minimum absolute atomic E-state index is 0.00672. The molecule has 2 saturated heterocycles. The maximum atomic E-state index is 13.4. The summed E-state index contributed by atoms with van der Waals surface area (Å²) in [6, 6.07) is 14.6. The second kappa shape index (κ2) is 23.4. The Morgan fingerprint density at radius 2 is 1.90 bits per heavy atom. The van der Waals surface area contributed by atoms with Crippen molar-refractivity contribution in [3.63, 3.8) is 0 Å². The molecule has 440 valence electrons. The summed E-state index contributed by atoms with van der Waals surface area (Å²) in [5.41, 5.74) is 8.92. The van der Waals surface area contributed by atoms with E-state index < -0.39 is 65.6 Å². The Bertz CT molecular complexity index is 3450. The summed E-state index contributed by atoms with van der Waals surface area (Å²) in [6.45, 7) is 2.86. The minimum atomic E-state index is -1.06. The number of guanidine groups is 1. The van der Waals surface area contributed by atoms with Crippen LogP contribution in [0.1, 0.15) is 119 Å². The number of nitrogens with two attached hydrogens (primary N) is 1. The van der Waals surface area contributed by atoms with Crippen LogP contribution in [0, 0.1) is 58.7 Å². The Morgan fingerprint density at radius 1 is 1.00 bits per heavy atom. The van der Waals surface area contributed by atoms with Gasteiger partial charge in [0.05, 0.1) is 47.5 Å². The average molecular weight is 1140 g/mol. The van der Waals surface area contributed by atoms with E-state index >= 15 is 0 Å². The fourth-order valence-electron chi connectivity index (χ4n) is 15.5. The molecule has 1 spiro atoms. The monoisotopic (exact) mass is 1140 g/mol. The van der Waals surface area contributed by atoms with Crippen molar-refractivity contribution in [3.8, 4) is 52.4 Å². The third kappa shape index (κ3) is 10.9. The number of ether oxygens (including phenoxy) is 4. The summed E-state index contributed by atoms with van der Waals surface area (Å²) in [6.07, 6.45) is 19.9. The number of nitrogens with zero attached hydrogens (tertiary/aromatic N) is 3. The first-order valence-electron chi connectivity index (χ1n) is 30.4. The Kier molecular flexibility index (Phi) is 15.4. The van der Waals surface area contributed by atoms with Crippen LogP contribution in [0.25, 0.3) is 10.9 Å². The van der Waals surface area contributed by atoms with Crippen LogP contribution < -0.4 is 36.5 Å². The Labute approximate surface area is 490 Å². The third-order valence-electron chi connectivity index (χ3n) is 19.4. The molecule has 13 rings (SSSR count). The second-order valence-corrected chi connectivity index (χ2v) is 24.6. The normalized spacial score (nSPS) is 32.8. The van der Waals surface area contributed by atoms with Crippen molar-refractivity contribution < 1.29 is 44.2 Å². The van der Waals surface area contributed by atoms with Crippen molar-refractivity contribution in [2.24, 2.45) is 45.7 Å². The maximum absolute atomic E-state index is 13.4. The molecule has 14 atom stereocenters. The van der Waals surface area contributed by atoms with Gasteiger partial charge in [-0.2, -0.15) is 0 Å². The summed E-state index contributed by atoms with van der Waals surface area (Å²) >= 11 is 0. The molecule has 18 nitrogen and oxygen atoms in total. The molecule has 18 heteroatoms. The van der Waals surface area contributed by atoms with E-state index in [1.807, 2.05) is 36.5 Å². The summed E-state index contributed by atoms with van der Waals surface area (Å²) in [5, 5.41) is 63.8. The van der Waals surface area contributed by atoms with Gasteiger partial charge in [0, 0.05) is 105 Å². The molecule has 3 aromatic heterocycles. The number of allylic oxidation sites excluding steroid dienone is 2. The van der Waals surface area contributed by atoms with Gasteiger partial charge >= 0.3 is 5.97 Å². The van der Waals surface area contributed by atoms with Gasteiger partial charge in [0.15, 0.2) is 29.0 Å². The quantitative estimate of drug-likeness (QED) is 0.0262. The number of carbonyl (C=O) groups excluding carboxylic acids is 1. The van der Waals surface area contributed by atoms with Gasteiger partial charge in [-0.3, -0.25) is 20.1 Å². The molecule has 0 radical (unpaired) electrons. The van der Waals surface area contributed by atoms with Gasteiger partial charge in [-0.1, -0.05) is 48.8 Å². The molecule has 8 heterocycles. The van der Waals surface area contributed by atoms with Crippen LogP contribution in [0.4, 0.5) is 0 Å². The predicted molar refractivity (Wildman–Crippen MR) is 316 cm³/mol. The van der Waals surface area contributed by atoms with Crippen molar-refractivity contribution in [1.82, 2.24) is 35.8 Å². The summed E-state index contributed by atoms with van der Waals surface area (Å²) in [7, 11) is 0. The second-order valence-electron chi connectivity index (χ2n) is 24.6. The number of nitrogens with one attached hydrogen (secondary N) is 5. The van der Waals surface area contributed by atoms with E-state index in [1.54, 1.807) is 24.5 Å². The number of benzene rings is 2. The molecule has 3 aliphatic carbocycles. The molecule has 5 aromatic rings. The number of dihydropyridines is 1. The molecule has 84 heavy (non-hydrogen) atoms. The van der Waals surface area contributed by atoms with Crippen molar-refractivity contribution in [1.29, 1.82) is 0 Å². The van der Waals surface area contributed by atoms with Crippen molar-refractivity contribution in [3.05, 3.63) is 120 Å². The number of aromatic nitrogens is 3. The summed E-state index contributed by atoms with van der Waals surface area (Å²) < 4.78 is 29.6. The Morgan fingerprint density at radius 3 is 2.76 bits per heavy atom. The van der Waals surface area contributed by atoms with Gasteiger partial charge in [-0.25, -0.2) is 0 Å². The number of H-pyrrole nitrogens is 1. The number of aliphatic imine (C=N–C) groups is 1. The van der Waals surface area contributed by atoms with Crippen LogP contribution in [0.5, 0.6) is 28.7 Å². The van der Waals surface area contributed by atoms with Gasteiger partial charge in [0.25, 0.3) is 0 Å². The number of aromatic amines is 1. The van der Waals surface area contributed by atoms with Crippen LogP contribution in [-0.2, 0) is 27.1 Å². The maximum Gasteiger partial charge on any atom is 0.302 e. The van der Waals surface area contributed by atoms with E-state index in [9.17, 15) is 25.2 Å². The predicted octanol–water partition coefficient (Wildman–Crippen LogP) is 7.77. The number of hydrogen-bond acceptors (Lipinski definition) is 14. The number of rotatable bonds is 11. The average Bonchev–Trinajstić information content (AvgIpc) is 1.17. The minimum Gasteiger partial charge on any atom is -0.504 e. The van der Waals surface area contributed by atoms with E-state index in [1.165, 1.54) is 18.6 Å². The largest absolute Gasteiger partial charge is 0.504 e. The highest BCUT2D eigenvalue weighted by molar-refractivity contribution is 5.83. The van der Waals surface area contributed by atoms with Gasteiger partial charge in [-0.15, -0.1) is 5.92 Å². The highest BCUT2D eigenvalue weighted by atomic mass is 16.6. The number of carbonyl (C=O) groups is 1. The highest BCUT2D eigenvalue weighted by Crippen LogP contribution is 2.58. The molecule has 0 amide bonds. The van der Waals surface area contributed by atoms with E-state index in [2.05, 4.69) is 84.0 Å². The number of hydrogen-bond donors (Lipinski definition) is 10. The van der Waals surface area contributed by atoms with Gasteiger partial charge < -0.3 is 70.6 Å². The molecule has 11 N–H and O–H groups in total. The molecule has 8 aliphatic rings. The van der Waals surface area contributed by atoms with Crippen LogP contribution in [0.2, 0.25) is 0 Å². The van der Waals surface area contributed by atoms with Crippen molar-refractivity contribution >= 4 is 22.8 Å². The zero-order valence-corrected chi connectivity index (χ0v) is 47.6. The lowest BCUT2D eigenvalue weighted by Crippen LogP contribution is -2.75. The van der Waals surface area contributed by atoms with Crippen LogP contribution in [0.3, 0.4) is 0 Å². The van der Waals surface area contributed by atoms with Crippen LogP contribution >= 0.6 is 0 Å². The molecule has 14 unspecified atom stereocenters. The number of fused-ring (bicyclic) bond motifs is 5. The first kappa shape index (κ1) is 55.4. The Hall–Kier alpha value is -7.77. The molecular weight excluding hydrogens is 1060 g/mol. The van der Waals surface area contributed by atoms with Gasteiger partial charge in [-0.05, 0) is 129 Å². The number of phenolic OH excluding ortho intramolecular Hbond substituents is 3. The number of aliphatic hydroxyl groups is 1.